The Hall–Kier alpha value is -3.41. The number of hydrogen-bond acceptors (Lipinski definition) is 7. The van der Waals surface area contributed by atoms with Crippen LogP contribution in [0.4, 0.5) is 35.0 Å². The third kappa shape index (κ3) is 3.42. The summed E-state index contributed by atoms with van der Waals surface area (Å²) in [7, 11) is 3.82. The van der Waals surface area contributed by atoms with Gasteiger partial charge in [0, 0.05) is 19.1 Å². The lowest BCUT2D eigenvalue weighted by molar-refractivity contribution is -0.142. The van der Waals surface area contributed by atoms with E-state index < -0.39 is 28.9 Å². The van der Waals surface area contributed by atoms with Gasteiger partial charge in [-0.05, 0) is 32.3 Å². The Labute approximate surface area is 173 Å². The van der Waals surface area contributed by atoms with Crippen molar-refractivity contribution in [2.24, 2.45) is 0 Å². The zero-order valence-corrected chi connectivity index (χ0v) is 16.6. The van der Waals surface area contributed by atoms with E-state index >= 15 is 0 Å². The van der Waals surface area contributed by atoms with E-state index in [2.05, 4.69) is 9.97 Å². The highest BCUT2D eigenvalue weighted by Gasteiger charge is 2.38. The number of fused-ring (bicyclic) bond motifs is 1. The molecule has 3 aromatic rings. The van der Waals surface area contributed by atoms with Gasteiger partial charge >= 0.3 is 6.18 Å². The number of likely N-dealkylation sites (N-methyl/N-ethyl adjacent to an activating group) is 1. The van der Waals surface area contributed by atoms with Gasteiger partial charge in [0.2, 0.25) is 5.95 Å². The van der Waals surface area contributed by atoms with Crippen molar-refractivity contribution in [1.29, 1.82) is 0 Å². The maximum Gasteiger partial charge on any atom is 0.431 e. The molecule has 0 atom stereocenters. The first-order valence-corrected chi connectivity index (χ1v) is 9.25. The van der Waals surface area contributed by atoms with Crippen molar-refractivity contribution in [2.75, 3.05) is 43.6 Å². The maximum atomic E-state index is 14.5. The van der Waals surface area contributed by atoms with Crippen LogP contribution in [0.2, 0.25) is 0 Å². The minimum atomic E-state index is -5.00. The van der Waals surface area contributed by atoms with Crippen LogP contribution in [0.3, 0.4) is 0 Å². The molecule has 1 saturated heterocycles. The fourth-order valence-corrected chi connectivity index (χ4v) is 3.48. The molecule has 1 aliphatic heterocycles. The second-order valence-corrected chi connectivity index (χ2v) is 7.54. The van der Waals surface area contributed by atoms with Crippen molar-refractivity contribution in [3.8, 4) is 5.69 Å². The number of halogens is 4. The van der Waals surface area contributed by atoms with E-state index in [1.165, 1.54) is 12.1 Å². The molecular weight excluding hydrogens is 418 g/mol. The molecule has 0 radical (unpaired) electrons. The highest BCUT2D eigenvalue weighted by atomic mass is 19.4. The molecule has 0 spiro atoms. The SMILES string of the molecule is CN(C)C1CN(c2nc(N)c3cc(C(F)(F)F)n(-c4c(N)cccc4F)c(=O)c3n2)C1. The van der Waals surface area contributed by atoms with Gasteiger partial charge in [-0.15, -0.1) is 0 Å². The molecule has 3 heterocycles. The van der Waals surface area contributed by atoms with Gasteiger partial charge < -0.3 is 21.3 Å². The number of aromatic nitrogens is 3. The highest BCUT2D eigenvalue weighted by molar-refractivity contribution is 5.89. The second kappa shape index (κ2) is 7.08. The summed E-state index contributed by atoms with van der Waals surface area (Å²) in [6.07, 6.45) is -5.00. The fourth-order valence-electron chi connectivity index (χ4n) is 3.48. The van der Waals surface area contributed by atoms with Crippen molar-refractivity contribution in [1.82, 2.24) is 19.4 Å². The number of para-hydroxylation sites is 1. The van der Waals surface area contributed by atoms with Crippen molar-refractivity contribution in [2.45, 2.75) is 12.2 Å². The van der Waals surface area contributed by atoms with Gasteiger partial charge in [0.15, 0.2) is 0 Å². The monoisotopic (exact) mass is 437 g/mol. The van der Waals surface area contributed by atoms with Gasteiger partial charge in [0.05, 0.1) is 11.1 Å². The first-order chi connectivity index (χ1) is 14.5. The maximum absolute atomic E-state index is 14.5. The Morgan fingerprint density at radius 1 is 1.16 bits per heavy atom. The minimum Gasteiger partial charge on any atom is -0.397 e. The number of nitrogens with zero attached hydrogens (tertiary/aromatic N) is 5. The largest absolute Gasteiger partial charge is 0.431 e. The molecular formula is C19H19F4N7O. The van der Waals surface area contributed by atoms with Crippen molar-refractivity contribution >= 4 is 28.4 Å². The first-order valence-electron chi connectivity index (χ1n) is 9.25. The molecule has 164 valence electrons. The lowest BCUT2D eigenvalue weighted by Gasteiger charge is -2.42. The number of pyridine rings is 1. The molecule has 1 aliphatic rings. The van der Waals surface area contributed by atoms with Crippen molar-refractivity contribution in [3.05, 3.63) is 46.1 Å². The van der Waals surface area contributed by atoms with Crippen LogP contribution in [0, 0.1) is 5.82 Å². The lowest BCUT2D eigenvalue weighted by Crippen LogP contribution is -2.58. The standard InChI is InChI=1S/C19H19F4N7O/c1-28(2)9-7-29(8-9)18-26-14-10(16(25)27-18)6-13(19(21,22)23)30(17(14)31)15-11(20)4-3-5-12(15)24/h3-6,9H,7-8,24H2,1-2H3,(H2,25,26,27). The summed E-state index contributed by atoms with van der Waals surface area (Å²) in [5.74, 6) is -1.23. The van der Waals surface area contributed by atoms with Crippen LogP contribution in [0.15, 0.2) is 29.1 Å². The minimum absolute atomic E-state index is 0.119. The van der Waals surface area contributed by atoms with Crippen LogP contribution in [-0.4, -0.2) is 52.7 Å². The molecule has 12 heteroatoms. The van der Waals surface area contributed by atoms with Gasteiger partial charge in [-0.2, -0.15) is 18.2 Å². The Morgan fingerprint density at radius 3 is 2.42 bits per heavy atom. The van der Waals surface area contributed by atoms with E-state index in [9.17, 15) is 22.4 Å². The second-order valence-electron chi connectivity index (χ2n) is 7.54. The van der Waals surface area contributed by atoms with E-state index in [-0.39, 0.29) is 39.0 Å². The molecule has 0 amide bonds. The first kappa shape index (κ1) is 20.8. The summed E-state index contributed by atoms with van der Waals surface area (Å²) in [6, 6.07) is 4.24. The Bertz CT molecular complexity index is 1210. The van der Waals surface area contributed by atoms with Crippen LogP contribution in [0.25, 0.3) is 16.6 Å². The van der Waals surface area contributed by atoms with Crippen molar-refractivity contribution in [3.63, 3.8) is 0 Å². The lowest BCUT2D eigenvalue weighted by atomic mass is 10.1. The summed E-state index contributed by atoms with van der Waals surface area (Å²) in [4.78, 5) is 25.2. The summed E-state index contributed by atoms with van der Waals surface area (Å²) in [5, 5.41) is -0.267. The number of alkyl halides is 3. The zero-order valence-electron chi connectivity index (χ0n) is 16.6. The van der Waals surface area contributed by atoms with Gasteiger partial charge in [0.1, 0.15) is 28.5 Å². The van der Waals surface area contributed by atoms with Crippen molar-refractivity contribution < 1.29 is 17.6 Å². The molecule has 8 nitrogen and oxygen atoms in total. The van der Waals surface area contributed by atoms with Gasteiger partial charge in [-0.3, -0.25) is 9.36 Å². The number of benzene rings is 1. The molecule has 4 rings (SSSR count). The van der Waals surface area contributed by atoms with E-state index in [0.717, 1.165) is 6.07 Å². The predicted octanol–water partition coefficient (Wildman–Crippen LogP) is 1.85. The van der Waals surface area contributed by atoms with Gasteiger partial charge in [-0.25, -0.2) is 9.37 Å². The average Bonchev–Trinajstić information content (AvgIpc) is 2.61. The summed E-state index contributed by atoms with van der Waals surface area (Å²) >= 11 is 0. The van der Waals surface area contributed by atoms with Gasteiger partial charge in [0.25, 0.3) is 5.56 Å². The smallest absolute Gasteiger partial charge is 0.397 e. The number of anilines is 3. The summed E-state index contributed by atoms with van der Waals surface area (Å²) in [5.41, 5.74) is 7.62. The normalized spacial score (nSPS) is 15.0. The molecule has 0 bridgehead atoms. The third-order valence-corrected chi connectivity index (χ3v) is 5.30. The van der Waals surface area contributed by atoms with E-state index in [1.807, 2.05) is 19.0 Å². The molecule has 0 aliphatic carbocycles. The van der Waals surface area contributed by atoms with Gasteiger partial charge in [-0.1, -0.05) is 6.07 Å². The van der Waals surface area contributed by atoms with E-state index in [4.69, 9.17) is 11.5 Å². The zero-order chi connectivity index (χ0) is 22.7. The fraction of sp³-hybridized carbons (Fsp3) is 0.316. The Kier molecular flexibility index (Phi) is 4.76. The van der Waals surface area contributed by atoms with Crippen LogP contribution in [-0.2, 0) is 6.18 Å². The van der Waals surface area contributed by atoms with Crippen LogP contribution >= 0.6 is 0 Å². The Balaban J connectivity index is 1.98. The number of rotatable bonds is 3. The molecule has 2 aromatic heterocycles. The predicted molar refractivity (Wildman–Crippen MR) is 109 cm³/mol. The highest BCUT2D eigenvalue weighted by Crippen LogP contribution is 2.35. The molecule has 0 saturated carbocycles. The van der Waals surface area contributed by atoms with Crippen LogP contribution in [0.1, 0.15) is 5.69 Å². The quantitative estimate of drug-likeness (QED) is 0.476. The summed E-state index contributed by atoms with van der Waals surface area (Å²) < 4.78 is 56.1. The molecule has 1 fully saturated rings. The van der Waals surface area contributed by atoms with Crippen LogP contribution in [0.5, 0.6) is 0 Å². The number of nitrogens with two attached hydrogens (primary N) is 2. The van der Waals surface area contributed by atoms with E-state index in [0.29, 0.717) is 19.2 Å². The number of hydrogen-bond donors (Lipinski definition) is 2. The molecule has 4 N–H and O–H groups in total. The number of nitrogen functional groups attached to an aromatic ring is 2. The average molecular weight is 437 g/mol. The molecule has 31 heavy (non-hydrogen) atoms. The molecule has 0 unspecified atom stereocenters. The van der Waals surface area contributed by atoms with E-state index in [1.54, 1.807) is 4.90 Å². The Morgan fingerprint density at radius 2 is 1.84 bits per heavy atom. The topological polar surface area (TPSA) is 106 Å². The van der Waals surface area contributed by atoms with Crippen LogP contribution < -0.4 is 21.9 Å². The third-order valence-electron chi connectivity index (χ3n) is 5.30. The summed E-state index contributed by atoms with van der Waals surface area (Å²) in [6.45, 7) is 1.13. The molecule has 1 aromatic carbocycles.